The molecule has 2 aromatic rings. The Morgan fingerprint density at radius 3 is 2.67 bits per heavy atom. The van der Waals surface area contributed by atoms with Crippen molar-refractivity contribution in [3.8, 4) is 0 Å². The van der Waals surface area contributed by atoms with Crippen LogP contribution < -0.4 is 4.57 Å². The molecule has 0 saturated heterocycles. The van der Waals surface area contributed by atoms with Gasteiger partial charge in [0.05, 0.1) is 0 Å². The average Bonchev–Trinajstić information content (AvgIpc) is 2.56. The lowest BCUT2D eigenvalue weighted by molar-refractivity contribution is -0.689. The lowest BCUT2D eigenvalue weighted by atomic mass is 10.3. The van der Waals surface area contributed by atoms with E-state index in [0.717, 1.165) is 10.2 Å². The summed E-state index contributed by atoms with van der Waals surface area (Å²) in [6.45, 7) is 3.98. The van der Waals surface area contributed by atoms with Crippen molar-refractivity contribution in [2.24, 2.45) is 0 Å². The van der Waals surface area contributed by atoms with E-state index in [9.17, 15) is 4.79 Å². The van der Waals surface area contributed by atoms with Crippen molar-refractivity contribution in [2.45, 2.75) is 19.9 Å². The Balaban J connectivity index is 2.80. The molecule has 3 nitrogen and oxygen atoms in total. The first-order chi connectivity index (χ1) is 7.11. The summed E-state index contributed by atoms with van der Waals surface area (Å²) in [6.07, 6.45) is 0. The van der Waals surface area contributed by atoms with Crippen molar-refractivity contribution in [1.29, 1.82) is 0 Å². The molecule has 0 amide bonds. The summed E-state index contributed by atoms with van der Waals surface area (Å²) in [6, 6.07) is 7.92. The van der Waals surface area contributed by atoms with Crippen LogP contribution in [0, 0.1) is 0 Å². The first kappa shape index (κ1) is 10.1. The third-order valence-electron chi connectivity index (χ3n) is 2.25. The van der Waals surface area contributed by atoms with Crippen molar-refractivity contribution in [2.75, 3.05) is 0 Å². The van der Waals surface area contributed by atoms with E-state index in [1.807, 2.05) is 42.7 Å². The van der Waals surface area contributed by atoms with Gasteiger partial charge in [-0.15, -0.1) is 0 Å². The lowest BCUT2D eigenvalue weighted by Gasteiger charge is -1.98. The fourth-order valence-corrected chi connectivity index (χ4v) is 2.79. The zero-order chi connectivity index (χ0) is 11.0. The average molecular weight is 222 g/mol. The predicted octanol–water partition coefficient (Wildman–Crippen LogP) is 2.47. The van der Waals surface area contributed by atoms with E-state index in [1.165, 1.54) is 11.3 Å². The molecule has 1 heterocycles. The van der Waals surface area contributed by atoms with Gasteiger partial charge in [-0.1, -0.05) is 23.5 Å². The van der Waals surface area contributed by atoms with Gasteiger partial charge in [0.15, 0.2) is 6.04 Å². The van der Waals surface area contributed by atoms with E-state index in [4.69, 9.17) is 5.11 Å². The Kier molecular flexibility index (Phi) is 2.44. The van der Waals surface area contributed by atoms with E-state index in [0.29, 0.717) is 5.01 Å². The Morgan fingerprint density at radius 2 is 2.07 bits per heavy atom. The maximum Gasteiger partial charge on any atom is 0.412 e. The van der Waals surface area contributed by atoms with Gasteiger partial charge >= 0.3 is 11.0 Å². The zero-order valence-electron chi connectivity index (χ0n) is 8.60. The molecule has 1 N–H and O–H groups in total. The van der Waals surface area contributed by atoms with Crippen LogP contribution in [-0.2, 0) is 0 Å². The summed E-state index contributed by atoms with van der Waals surface area (Å²) in [4.78, 5) is 11.1. The Labute approximate surface area is 91.6 Å². The van der Waals surface area contributed by atoms with Gasteiger partial charge < -0.3 is 5.11 Å². The van der Waals surface area contributed by atoms with Crippen LogP contribution in [0.2, 0.25) is 0 Å². The first-order valence-electron chi connectivity index (χ1n) is 4.77. The Bertz CT molecular complexity index is 516. The molecule has 0 aliphatic heterocycles. The molecule has 78 valence electrons. The highest BCUT2D eigenvalue weighted by Gasteiger charge is 2.27. The zero-order valence-corrected chi connectivity index (χ0v) is 9.41. The normalized spacial score (nSPS) is 11.1. The molecule has 0 unspecified atom stereocenters. The molecule has 0 aliphatic rings. The van der Waals surface area contributed by atoms with Crippen LogP contribution in [0.3, 0.4) is 0 Å². The molecular weight excluding hydrogens is 210 g/mol. The van der Waals surface area contributed by atoms with Crippen molar-refractivity contribution in [3.05, 3.63) is 29.3 Å². The van der Waals surface area contributed by atoms with Gasteiger partial charge in [-0.05, 0) is 19.9 Å². The minimum absolute atomic E-state index is 0.159. The molecular formula is C11H12NO2S+. The van der Waals surface area contributed by atoms with Crippen molar-refractivity contribution < 1.29 is 14.5 Å². The third kappa shape index (κ3) is 1.61. The summed E-state index contributed by atoms with van der Waals surface area (Å²) >= 11 is 1.32. The number of carbonyl (C=O) groups is 1. The number of rotatable bonds is 2. The highest BCUT2D eigenvalue weighted by molar-refractivity contribution is 7.19. The predicted molar refractivity (Wildman–Crippen MR) is 59.4 cm³/mol. The summed E-state index contributed by atoms with van der Waals surface area (Å²) in [5.41, 5.74) is 0.995. The third-order valence-corrected chi connectivity index (χ3v) is 3.38. The second-order valence-corrected chi connectivity index (χ2v) is 4.67. The number of aromatic carboxylic acids is 1. The van der Waals surface area contributed by atoms with Gasteiger partial charge in [0.1, 0.15) is 4.70 Å². The molecule has 0 aliphatic carbocycles. The van der Waals surface area contributed by atoms with Gasteiger partial charge in [-0.25, -0.2) is 4.79 Å². The molecule has 0 spiro atoms. The van der Waals surface area contributed by atoms with Crippen LogP contribution >= 0.6 is 11.3 Å². The molecule has 1 aromatic carbocycles. The number of aromatic nitrogens is 1. The summed E-state index contributed by atoms with van der Waals surface area (Å²) in [5, 5.41) is 9.50. The SMILES string of the molecule is CC(C)[n+]1c(C(=O)O)sc2ccccc21. The smallest absolute Gasteiger partial charge is 0.412 e. The lowest BCUT2D eigenvalue weighted by Crippen LogP contribution is -2.40. The molecule has 15 heavy (non-hydrogen) atoms. The monoisotopic (exact) mass is 222 g/mol. The molecule has 0 atom stereocenters. The van der Waals surface area contributed by atoms with E-state index in [2.05, 4.69) is 0 Å². The Morgan fingerprint density at radius 1 is 1.40 bits per heavy atom. The summed E-state index contributed by atoms with van der Waals surface area (Å²) < 4.78 is 2.88. The quantitative estimate of drug-likeness (QED) is 0.793. The second-order valence-electron chi connectivity index (χ2n) is 3.64. The standard InChI is InChI=1S/C11H11NO2S/c1-7(2)12-8-5-3-4-6-9(8)15-10(12)11(13)14/h3-7H,1-2H3/p+1. The van der Waals surface area contributed by atoms with Crippen LogP contribution in [-0.4, -0.2) is 11.1 Å². The first-order valence-corrected chi connectivity index (χ1v) is 5.59. The van der Waals surface area contributed by atoms with E-state index in [1.54, 1.807) is 0 Å². The number of para-hydroxylation sites is 1. The van der Waals surface area contributed by atoms with Gasteiger partial charge in [0, 0.05) is 6.07 Å². The van der Waals surface area contributed by atoms with Gasteiger partial charge in [0.25, 0.3) is 0 Å². The molecule has 0 radical (unpaired) electrons. The summed E-state index contributed by atoms with van der Waals surface area (Å²) in [7, 11) is 0. The Hall–Kier alpha value is -1.42. The molecule has 1 aromatic heterocycles. The number of carboxylic acids is 1. The maximum atomic E-state index is 11.1. The van der Waals surface area contributed by atoms with Crippen LogP contribution in [0.4, 0.5) is 0 Å². The van der Waals surface area contributed by atoms with Crippen LogP contribution in [0.25, 0.3) is 10.2 Å². The van der Waals surface area contributed by atoms with Crippen LogP contribution in [0.5, 0.6) is 0 Å². The maximum absolute atomic E-state index is 11.1. The van der Waals surface area contributed by atoms with Gasteiger partial charge in [0.2, 0.25) is 5.52 Å². The topological polar surface area (TPSA) is 41.2 Å². The number of hydrogen-bond acceptors (Lipinski definition) is 2. The number of hydrogen-bond donors (Lipinski definition) is 1. The highest BCUT2D eigenvalue weighted by Crippen LogP contribution is 2.21. The van der Waals surface area contributed by atoms with Crippen molar-refractivity contribution in [1.82, 2.24) is 0 Å². The van der Waals surface area contributed by atoms with Crippen molar-refractivity contribution >= 4 is 27.5 Å². The minimum Gasteiger partial charge on any atom is -0.473 e. The molecule has 0 bridgehead atoms. The molecule has 2 rings (SSSR count). The number of thiazole rings is 1. The van der Waals surface area contributed by atoms with E-state index >= 15 is 0 Å². The number of benzene rings is 1. The fraction of sp³-hybridized carbons (Fsp3) is 0.273. The highest BCUT2D eigenvalue weighted by atomic mass is 32.1. The van der Waals surface area contributed by atoms with Crippen LogP contribution in [0.1, 0.15) is 29.7 Å². The largest absolute Gasteiger partial charge is 0.473 e. The minimum atomic E-state index is -0.857. The summed E-state index contributed by atoms with van der Waals surface area (Å²) in [5.74, 6) is -0.857. The van der Waals surface area contributed by atoms with Crippen LogP contribution in [0.15, 0.2) is 24.3 Å². The van der Waals surface area contributed by atoms with E-state index < -0.39 is 5.97 Å². The van der Waals surface area contributed by atoms with Crippen molar-refractivity contribution in [3.63, 3.8) is 0 Å². The number of carboxylic acid groups (broad SMARTS) is 1. The number of nitrogens with zero attached hydrogens (tertiary/aromatic N) is 1. The fourth-order valence-electron chi connectivity index (χ4n) is 1.66. The number of fused-ring (bicyclic) bond motifs is 1. The molecule has 0 fully saturated rings. The van der Waals surface area contributed by atoms with Gasteiger partial charge in [-0.2, -0.15) is 4.57 Å². The molecule has 4 heteroatoms. The molecule has 0 saturated carbocycles. The van der Waals surface area contributed by atoms with Gasteiger partial charge in [-0.3, -0.25) is 0 Å². The second kappa shape index (κ2) is 3.62. The van der Waals surface area contributed by atoms with E-state index in [-0.39, 0.29) is 6.04 Å².